The van der Waals surface area contributed by atoms with Crippen molar-refractivity contribution in [3.8, 4) is 11.5 Å². The third-order valence-corrected chi connectivity index (χ3v) is 8.57. The van der Waals surface area contributed by atoms with E-state index < -0.39 is 10.0 Å². The summed E-state index contributed by atoms with van der Waals surface area (Å²) in [5.74, 6) is 3.22. The minimum absolute atomic E-state index is 0.0426. The summed E-state index contributed by atoms with van der Waals surface area (Å²) in [5, 5.41) is 3.29. The number of ether oxygens (including phenoxy) is 2. The summed E-state index contributed by atoms with van der Waals surface area (Å²) >= 11 is 0. The summed E-state index contributed by atoms with van der Waals surface area (Å²) in [4.78, 5) is 12.7. The van der Waals surface area contributed by atoms with Crippen LogP contribution in [0.3, 0.4) is 0 Å². The van der Waals surface area contributed by atoms with Crippen LogP contribution in [0.25, 0.3) is 0 Å². The van der Waals surface area contributed by atoms with Crippen LogP contribution in [-0.4, -0.2) is 39.6 Å². The maximum absolute atomic E-state index is 12.7. The highest BCUT2D eigenvalue weighted by Gasteiger charge is 2.51. The summed E-state index contributed by atoms with van der Waals surface area (Å²) in [6.45, 7) is 1.12. The van der Waals surface area contributed by atoms with Crippen molar-refractivity contribution in [3.05, 3.63) is 18.2 Å². The minimum Gasteiger partial charge on any atom is -0.490 e. The quantitative estimate of drug-likeness (QED) is 0.718. The summed E-state index contributed by atoms with van der Waals surface area (Å²) in [6, 6.07) is 4.61. The summed E-state index contributed by atoms with van der Waals surface area (Å²) in [6.07, 6.45) is 8.15. The average molecular weight is 435 g/mol. The highest BCUT2D eigenvalue weighted by molar-refractivity contribution is 7.89. The van der Waals surface area contributed by atoms with E-state index in [1.54, 1.807) is 6.07 Å². The summed E-state index contributed by atoms with van der Waals surface area (Å²) < 4.78 is 39.0. The summed E-state index contributed by atoms with van der Waals surface area (Å²) in [5.41, 5.74) is -0.0426. The van der Waals surface area contributed by atoms with Gasteiger partial charge in [0.1, 0.15) is 0 Å². The number of benzene rings is 1. The molecule has 0 atom stereocenters. The van der Waals surface area contributed by atoms with Crippen LogP contribution < -0.4 is 19.5 Å². The van der Waals surface area contributed by atoms with Crippen LogP contribution in [0.2, 0.25) is 0 Å². The Kier molecular flexibility index (Phi) is 5.17. The molecule has 4 fully saturated rings. The number of carbonyl (C=O) groups excluding carboxylic acids is 1. The van der Waals surface area contributed by atoms with Crippen LogP contribution in [0.1, 0.15) is 51.4 Å². The molecule has 2 N–H and O–H groups in total. The zero-order valence-electron chi connectivity index (χ0n) is 17.2. The molecule has 4 aliphatic carbocycles. The van der Waals surface area contributed by atoms with E-state index >= 15 is 0 Å². The number of rotatable bonds is 6. The van der Waals surface area contributed by atoms with Gasteiger partial charge in [0.2, 0.25) is 15.9 Å². The molecule has 1 aromatic rings. The number of nitrogens with one attached hydrogen (secondary N) is 2. The predicted octanol–water partition coefficient (Wildman–Crippen LogP) is 2.60. The molecule has 6 rings (SSSR count). The van der Waals surface area contributed by atoms with E-state index in [1.165, 1.54) is 31.4 Å². The molecule has 164 valence electrons. The van der Waals surface area contributed by atoms with Gasteiger partial charge in [-0.15, -0.1) is 0 Å². The molecule has 0 spiro atoms. The molecule has 4 bridgehead atoms. The van der Waals surface area contributed by atoms with Crippen molar-refractivity contribution < 1.29 is 22.7 Å². The molecular weight excluding hydrogens is 404 g/mol. The van der Waals surface area contributed by atoms with Gasteiger partial charge in [0.15, 0.2) is 11.5 Å². The Morgan fingerprint density at radius 1 is 1.00 bits per heavy atom. The lowest BCUT2D eigenvalue weighted by molar-refractivity contribution is -0.126. The normalized spacial score (nSPS) is 31.9. The lowest BCUT2D eigenvalue weighted by atomic mass is 9.53. The first kappa shape index (κ1) is 20.1. The number of hydrogen-bond acceptors (Lipinski definition) is 5. The molecule has 4 saturated carbocycles. The number of hydrogen-bond donors (Lipinski definition) is 2. The Labute approximate surface area is 177 Å². The third kappa shape index (κ3) is 4.04. The zero-order valence-corrected chi connectivity index (χ0v) is 18.0. The van der Waals surface area contributed by atoms with Gasteiger partial charge in [-0.3, -0.25) is 4.79 Å². The van der Waals surface area contributed by atoms with Gasteiger partial charge in [0, 0.05) is 31.0 Å². The van der Waals surface area contributed by atoms with Crippen molar-refractivity contribution in [2.45, 2.75) is 61.8 Å². The standard InChI is InChI=1S/C22H30N2O5S/c25-21(24-22-12-15-8-16(13-22)10-17(9-15)14-22)4-5-23-30(26,27)18-2-3-19-20(11-18)29-7-1-6-28-19/h2-3,11,15-17,23H,1,4-10,12-14H2,(H,24,25). The Bertz CT molecular complexity index is 894. The molecule has 5 aliphatic rings. The molecule has 1 aromatic carbocycles. The van der Waals surface area contributed by atoms with E-state index in [0.29, 0.717) is 24.7 Å². The van der Waals surface area contributed by atoms with E-state index in [0.717, 1.165) is 43.4 Å². The molecule has 0 aromatic heterocycles. The summed E-state index contributed by atoms with van der Waals surface area (Å²) in [7, 11) is -3.72. The largest absolute Gasteiger partial charge is 0.490 e. The van der Waals surface area contributed by atoms with E-state index in [1.807, 2.05) is 0 Å². The number of fused-ring (bicyclic) bond motifs is 1. The Morgan fingerprint density at radius 3 is 2.30 bits per heavy atom. The Balaban J connectivity index is 1.16. The molecule has 0 saturated heterocycles. The van der Waals surface area contributed by atoms with E-state index in [9.17, 15) is 13.2 Å². The van der Waals surface area contributed by atoms with Gasteiger partial charge in [0.25, 0.3) is 0 Å². The van der Waals surface area contributed by atoms with Gasteiger partial charge in [-0.2, -0.15) is 0 Å². The first-order chi connectivity index (χ1) is 14.4. The SMILES string of the molecule is O=C(CCNS(=O)(=O)c1ccc2c(c1)OCCCO2)NC12CC3CC(CC(C3)C1)C2. The van der Waals surface area contributed by atoms with E-state index in [4.69, 9.17) is 9.47 Å². The first-order valence-electron chi connectivity index (χ1n) is 11.1. The maximum atomic E-state index is 12.7. The van der Waals surface area contributed by atoms with Crippen molar-refractivity contribution in [2.75, 3.05) is 19.8 Å². The van der Waals surface area contributed by atoms with E-state index in [-0.39, 0.29) is 29.3 Å². The maximum Gasteiger partial charge on any atom is 0.240 e. The van der Waals surface area contributed by atoms with Crippen LogP contribution in [0.5, 0.6) is 11.5 Å². The third-order valence-electron chi connectivity index (χ3n) is 7.12. The fourth-order valence-corrected chi connectivity index (χ4v) is 7.36. The second kappa shape index (κ2) is 7.71. The lowest BCUT2D eigenvalue weighted by Gasteiger charge is -2.56. The molecule has 0 unspecified atom stereocenters. The highest BCUT2D eigenvalue weighted by atomic mass is 32.2. The fourth-order valence-electron chi connectivity index (χ4n) is 6.32. The van der Waals surface area contributed by atoms with Crippen LogP contribution in [0.15, 0.2) is 23.1 Å². The van der Waals surface area contributed by atoms with Gasteiger partial charge in [-0.25, -0.2) is 13.1 Å². The second-order valence-electron chi connectivity index (χ2n) is 9.55. The monoisotopic (exact) mass is 434 g/mol. The van der Waals surface area contributed by atoms with Gasteiger partial charge < -0.3 is 14.8 Å². The van der Waals surface area contributed by atoms with Gasteiger partial charge in [-0.05, 0) is 68.4 Å². The van der Waals surface area contributed by atoms with Crippen molar-refractivity contribution in [3.63, 3.8) is 0 Å². The van der Waals surface area contributed by atoms with Crippen LogP contribution in [0.4, 0.5) is 0 Å². The highest BCUT2D eigenvalue weighted by Crippen LogP contribution is 2.55. The van der Waals surface area contributed by atoms with Crippen molar-refractivity contribution in [1.29, 1.82) is 0 Å². The van der Waals surface area contributed by atoms with Crippen LogP contribution in [-0.2, 0) is 14.8 Å². The smallest absolute Gasteiger partial charge is 0.240 e. The van der Waals surface area contributed by atoms with Crippen molar-refractivity contribution >= 4 is 15.9 Å². The van der Waals surface area contributed by atoms with Gasteiger partial charge in [-0.1, -0.05) is 0 Å². The predicted molar refractivity (Wildman–Crippen MR) is 111 cm³/mol. The molecular formula is C22H30N2O5S. The van der Waals surface area contributed by atoms with Gasteiger partial charge in [0.05, 0.1) is 18.1 Å². The molecule has 30 heavy (non-hydrogen) atoms. The van der Waals surface area contributed by atoms with Gasteiger partial charge >= 0.3 is 0 Å². The first-order valence-corrected chi connectivity index (χ1v) is 12.6. The van der Waals surface area contributed by atoms with E-state index in [2.05, 4.69) is 10.0 Å². The Hall–Kier alpha value is -1.80. The topological polar surface area (TPSA) is 93.7 Å². The second-order valence-corrected chi connectivity index (χ2v) is 11.3. The molecule has 1 amide bonds. The Morgan fingerprint density at radius 2 is 1.63 bits per heavy atom. The number of carbonyl (C=O) groups is 1. The van der Waals surface area contributed by atoms with Crippen LogP contribution in [0, 0.1) is 17.8 Å². The molecule has 1 heterocycles. The minimum atomic E-state index is -3.72. The molecule has 8 heteroatoms. The van der Waals surface area contributed by atoms with Crippen molar-refractivity contribution in [2.24, 2.45) is 17.8 Å². The average Bonchev–Trinajstić information content (AvgIpc) is 2.91. The lowest BCUT2D eigenvalue weighted by Crippen LogP contribution is -2.60. The number of sulfonamides is 1. The molecule has 1 aliphatic heterocycles. The molecule has 7 nitrogen and oxygen atoms in total. The molecule has 0 radical (unpaired) electrons. The number of amides is 1. The van der Waals surface area contributed by atoms with Crippen LogP contribution >= 0.6 is 0 Å². The van der Waals surface area contributed by atoms with Crippen molar-refractivity contribution in [1.82, 2.24) is 10.0 Å². The zero-order chi connectivity index (χ0) is 20.8. The fraction of sp³-hybridized carbons (Fsp3) is 0.682.